The summed E-state index contributed by atoms with van der Waals surface area (Å²) in [6.45, 7) is 0.125. The standard InChI is InChI=1S/C22H20F2N6O2S/c1-29(9-10-31)21(32)13-3-7-18(25-12-13)27-22-26-16-5-8-19(28-20(16)33-22)30(2)17-6-4-14(23)11-15(17)24/h3-8,11-12,31H,9-10H2,1-2H3,(H,25,26,27). The van der Waals surface area contributed by atoms with E-state index in [4.69, 9.17) is 5.11 Å². The minimum atomic E-state index is -0.679. The fraction of sp³-hybridized carbons (Fsp3) is 0.182. The second-order valence-corrected chi connectivity index (χ2v) is 8.15. The average molecular weight is 471 g/mol. The van der Waals surface area contributed by atoms with Gasteiger partial charge in [0.1, 0.15) is 33.6 Å². The summed E-state index contributed by atoms with van der Waals surface area (Å²) in [5, 5.41) is 12.6. The third-order valence-electron chi connectivity index (χ3n) is 4.88. The number of benzene rings is 1. The van der Waals surface area contributed by atoms with E-state index in [0.29, 0.717) is 32.7 Å². The summed E-state index contributed by atoms with van der Waals surface area (Å²) in [5.41, 5.74) is 1.26. The molecule has 1 amide bonds. The van der Waals surface area contributed by atoms with Crippen LogP contribution in [0.5, 0.6) is 0 Å². The maximum absolute atomic E-state index is 14.1. The molecule has 0 aliphatic rings. The first-order valence-electron chi connectivity index (χ1n) is 9.91. The first-order valence-corrected chi connectivity index (χ1v) is 10.7. The Hall–Kier alpha value is -3.70. The zero-order chi connectivity index (χ0) is 23.5. The number of hydrogen-bond donors (Lipinski definition) is 2. The van der Waals surface area contributed by atoms with E-state index in [9.17, 15) is 13.6 Å². The summed E-state index contributed by atoms with van der Waals surface area (Å²) in [6.07, 6.45) is 1.45. The van der Waals surface area contributed by atoms with Gasteiger partial charge >= 0.3 is 0 Å². The predicted octanol–water partition coefficient (Wildman–Crippen LogP) is 3.94. The monoisotopic (exact) mass is 470 g/mol. The molecule has 3 heterocycles. The molecule has 3 aromatic heterocycles. The van der Waals surface area contributed by atoms with Crippen molar-refractivity contribution in [2.24, 2.45) is 0 Å². The summed E-state index contributed by atoms with van der Waals surface area (Å²) in [4.78, 5) is 29.1. The second-order valence-electron chi connectivity index (χ2n) is 7.17. The minimum Gasteiger partial charge on any atom is -0.395 e. The topological polar surface area (TPSA) is 94.5 Å². The Bertz CT molecular complexity index is 1300. The van der Waals surface area contributed by atoms with Gasteiger partial charge in [0, 0.05) is 32.9 Å². The number of amides is 1. The number of rotatable bonds is 7. The second kappa shape index (κ2) is 9.43. The molecule has 0 aliphatic heterocycles. The lowest BCUT2D eigenvalue weighted by Crippen LogP contribution is -2.29. The minimum absolute atomic E-state index is 0.114. The number of carbonyl (C=O) groups excluding carboxylic acids is 1. The van der Waals surface area contributed by atoms with Crippen molar-refractivity contribution in [1.82, 2.24) is 19.9 Å². The highest BCUT2D eigenvalue weighted by molar-refractivity contribution is 7.21. The number of carbonyl (C=O) groups is 1. The van der Waals surface area contributed by atoms with Crippen LogP contribution >= 0.6 is 11.3 Å². The van der Waals surface area contributed by atoms with Crippen LogP contribution in [0.15, 0.2) is 48.7 Å². The van der Waals surface area contributed by atoms with Crippen molar-refractivity contribution in [3.63, 3.8) is 0 Å². The van der Waals surface area contributed by atoms with E-state index in [1.807, 2.05) is 0 Å². The molecule has 4 rings (SSSR count). The quantitative estimate of drug-likeness (QED) is 0.423. The SMILES string of the molecule is CN(CCO)C(=O)c1ccc(Nc2nc3ccc(N(C)c4ccc(F)cc4F)nc3s2)nc1. The van der Waals surface area contributed by atoms with Crippen LogP contribution in [0.3, 0.4) is 0 Å². The molecule has 0 spiro atoms. The third kappa shape index (κ3) is 4.89. The molecule has 0 atom stereocenters. The highest BCUT2D eigenvalue weighted by atomic mass is 32.1. The number of aliphatic hydroxyl groups is 1. The van der Waals surface area contributed by atoms with Crippen LogP contribution in [-0.2, 0) is 0 Å². The molecule has 0 radical (unpaired) electrons. The molecule has 1 aromatic carbocycles. The number of fused-ring (bicyclic) bond motifs is 1. The third-order valence-corrected chi connectivity index (χ3v) is 5.76. The number of aromatic nitrogens is 3. The number of nitrogens with zero attached hydrogens (tertiary/aromatic N) is 5. The van der Waals surface area contributed by atoms with E-state index < -0.39 is 11.6 Å². The molecule has 0 aliphatic carbocycles. The van der Waals surface area contributed by atoms with E-state index in [0.717, 1.165) is 6.07 Å². The van der Waals surface area contributed by atoms with Crippen molar-refractivity contribution < 1.29 is 18.7 Å². The van der Waals surface area contributed by atoms with Gasteiger partial charge in [-0.15, -0.1) is 0 Å². The lowest BCUT2D eigenvalue weighted by atomic mass is 10.2. The first-order chi connectivity index (χ1) is 15.9. The van der Waals surface area contributed by atoms with Crippen LogP contribution in [0.25, 0.3) is 10.3 Å². The van der Waals surface area contributed by atoms with Crippen molar-refractivity contribution >= 4 is 50.0 Å². The number of nitrogens with one attached hydrogen (secondary N) is 1. The maximum atomic E-state index is 14.1. The normalized spacial score (nSPS) is 10.9. The lowest BCUT2D eigenvalue weighted by Gasteiger charge is -2.18. The molecule has 8 nitrogen and oxygen atoms in total. The highest BCUT2D eigenvalue weighted by Gasteiger charge is 2.15. The molecule has 4 aromatic rings. The number of hydrogen-bond acceptors (Lipinski definition) is 8. The number of pyridine rings is 2. The van der Waals surface area contributed by atoms with Crippen LogP contribution in [0, 0.1) is 11.6 Å². The van der Waals surface area contributed by atoms with Crippen LogP contribution in [-0.4, -0.2) is 58.1 Å². The summed E-state index contributed by atoms with van der Waals surface area (Å²) >= 11 is 1.29. The molecule has 11 heteroatoms. The van der Waals surface area contributed by atoms with Crippen molar-refractivity contribution in [2.45, 2.75) is 0 Å². The molecule has 0 fully saturated rings. The number of thiazole rings is 1. The average Bonchev–Trinajstić information content (AvgIpc) is 3.20. The Balaban J connectivity index is 1.51. The van der Waals surface area contributed by atoms with E-state index in [1.165, 1.54) is 39.5 Å². The summed E-state index contributed by atoms with van der Waals surface area (Å²) < 4.78 is 27.3. The summed E-state index contributed by atoms with van der Waals surface area (Å²) in [7, 11) is 3.25. The van der Waals surface area contributed by atoms with Gasteiger partial charge in [0.05, 0.1) is 17.9 Å². The number of likely N-dealkylation sites (N-methyl/N-ethyl adjacent to an activating group) is 1. The molecule has 33 heavy (non-hydrogen) atoms. The molecular formula is C22H20F2N6O2S. The van der Waals surface area contributed by atoms with Gasteiger partial charge in [-0.05, 0) is 36.4 Å². The van der Waals surface area contributed by atoms with E-state index >= 15 is 0 Å². The number of aliphatic hydroxyl groups excluding tert-OH is 1. The molecule has 0 bridgehead atoms. The lowest BCUT2D eigenvalue weighted by molar-refractivity contribution is 0.0766. The van der Waals surface area contributed by atoms with Gasteiger partial charge in [0.2, 0.25) is 0 Å². The summed E-state index contributed by atoms with van der Waals surface area (Å²) in [5.74, 6) is -0.574. The van der Waals surface area contributed by atoms with Crippen LogP contribution in [0.1, 0.15) is 10.4 Å². The zero-order valence-corrected chi connectivity index (χ0v) is 18.6. The smallest absolute Gasteiger partial charge is 0.255 e. The Kier molecular flexibility index (Phi) is 6.43. The number of anilines is 4. The van der Waals surface area contributed by atoms with Crippen LogP contribution in [0.2, 0.25) is 0 Å². The molecule has 0 saturated heterocycles. The van der Waals surface area contributed by atoms with E-state index in [2.05, 4.69) is 20.3 Å². The Labute approximate surface area is 192 Å². The van der Waals surface area contributed by atoms with E-state index in [1.54, 1.807) is 38.4 Å². The predicted molar refractivity (Wildman–Crippen MR) is 123 cm³/mol. The van der Waals surface area contributed by atoms with Crippen LogP contribution in [0.4, 0.5) is 31.2 Å². The molecular weight excluding hydrogens is 450 g/mol. The van der Waals surface area contributed by atoms with E-state index in [-0.39, 0.29) is 24.7 Å². The molecule has 2 N–H and O–H groups in total. The van der Waals surface area contributed by atoms with Gasteiger partial charge in [-0.3, -0.25) is 4.79 Å². The fourth-order valence-electron chi connectivity index (χ4n) is 3.10. The first kappa shape index (κ1) is 22.5. The molecule has 170 valence electrons. The van der Waals surface area contributed by atoms with Crippen LogP contribution < -0.4 is 10.2 Å². The van der Waals surface area contributed by atoms with Gasteiger partial charge in [-0.1, -0.05) is 11.3 Å². The zero-order valence-electron chi connectivity index (χ0n) is 17.8. The molecule has 0 saturated carbocycles. The Morgan fingerprint density at radius 1 is 1.12 bits per heavy atom. The van der Waals surface area contributed by atoms with Crippen molar-refractivity contribution in [3.05, 3.63) is 65.9 Å². The van der Waals surface area contributed by atoms with Gasteiger partial charge in [0.15, 0.2) is 5.13 Å². The van der Waals surface area contributed by atoms with Crippen molar-refractivity contribution in [3.8, 4) is 0 Å². The Morgan fingerprint density at radius 2 is 1.94 bits per heavy atom. The summed E-state index contributed by atoms with van der Waals surface area (Å²) in [6, 6.07) is 10.2. The highest BCUT2D eigenvalue weighted by Crippen LogP contribution is 2.31. The largest absolute Gasteiger partial charge is 0.395 e. The molecule has 0 unspecified atom stereocenters. The van der Waals surface area contributed by atoms with Gasteiger partial charge in [-0.25, -0.2) is 23.7 Å². The van der Waals surface area contributed by atoms with Gasteiger partial charge in [-0.2, -0.15) is 0 Å². The van der Waals surface area contributed by atoms with Gasteiger partial charge in [0.25, 0.3) is 5.91 Å². The fourth-order valence-corrected chi connectivity index (χ4v) is 3.94. The number of halogens is 2. The van der Waals surface area contributed by atoms with Crippen molar-refractivity contribution in [1.29, 1.82) is 0 Å². The van der Waals surface area contributed by atoms with Gasteiger partial charge < -0.3 is 20.2 Å². The van der Waals surface area contributed by atoms with Crippen molar-refractivity contribution in [2.75, 3.05) is 37.5 Å². The maximum Gasteiger partial charge on any atom is 0.255 e. The Morgan fingerprint density at radius 3 is 2.64 bits per heavy atom.